The van der Waals surface area contributed by atoms with Crippen LogP contribution in [-0.2, 0) is 17.8 Å². The molecular formula is C19H24FN3O2S. The Labute approximate surface area is 157 Å². The first-order valence-electron chi connectivity index (χ1n) is 8.96. The van der Waals surface area contributed by atoms with E-state index in [1.165, 1.54) is 29.3 Å². The van der Waals surface area contributed by atoms with Gasteiger partial charge in [0.15, 0.2) is 6.61 Å². The van der Waals surface area contributed by atoms with Gasteiger partial charge in [0, 0.05) is 38.1 Å². The van der Waals surface area contributed by atoms with Crippen LogP contribution in [0.5, 0.6) is 5.75 Å². The molecule has 5 nitrogen and oxygen atoms in total. The van der Waals surface area contributed by atoms with E-state index in [0.717, 1.165) is 38.2 Å². The van der Waals surface area contributed by atoms with Crippen molar-refractivity contribution in [3.8, 4) is 5.75 Å². The topological polar surface area (TPSA) is 45.7 Å². The molecule has 1 fully saturated rings. The summed E-state index contributed by atoms with van der Waals surface area (Å²) in [5.74, 6) is 0.152. The number of amides is 1. The Kier molecular flexibility index (Phi) is 6.57. The SMILES string of the molecule is CCCc1nc(CN2CCN(C(=O)COc3ccc(F)cc3)CC2)cs1. The first kappa shape index (κ1) is 18.8. The third kappa shape index (κ3) is 5.25. The summed E-state index contributed by atoms with van der Waals surface area (Å²) in [6.45, 7) is 6.05. The van der Waals surface area contributed by atoms with E-state index >= 15 is 0 Å². The van der Waals surface area contributed by atoms with Gasteiger partial charge in [-0.3, -0.25) is 9.69 Å². The number of halogens is 1. The molecule has 7 heteroatoms. The fraction of sp³-hybridized carbons (Fsp3) is 0.474. The molecule has 1 amide bonds. The molecule has 0 unspecified atom stereocenters. The molecule has 0 bridgehead atoms. The highest BCUT2D eigenvalue weighted by molar-refractivity contribution is 7.09. The van der Waals surface area contributed by atoms with Crippen molar-refractivity contribution >= 4 is 17.2 Å². The van der Waals surface area contributed by atoms with Crippen LogP contribution in [0.2, 0.25) is 0 Å². The summed E-state index contributed by atoms with van der Waals surface area (Å²) in [5.41, 5.74) is 1.12. The summed E-state index contributed by atoms with van der Waals surface area (Å²) >= 11 is 1.73. The summed E-state index contributed by atoms with van der Waals surface area (Å²) in [6.07, 6.45) is 2.16. The number of nitrogens with zero attached hydrogens (tertiary/aromatic N) is 3. The van der Waals surface area contributed by atoms with Gasteiger partial charge in [0.1, 0.15) is 11.6 Å². The van der Waals surface area contributed by atoms with Crippen LogP contribution < -0.4 is 4.74 Å². The number of hydrogen-bond acceptors (Lipinski definition) is 5. The Morgan fingerprint density at radius 3 is 2.65 bits per heavy atom. The minimum Gasteiger partial charge on any atom is -0.484 e. The Bertz CT molecular complexity index is 712. The Balaban J connectivity index is 1.41. The van der Waals surface area contributed by atoms with E-state index in [9.17, 15) is 9.18 Å². The van der Waals surface area contributed by atoms with Crippen molar-refractivity contribution < 1.29 is 13.9 Å². The van der Waals surface area contributed by atoms with Crippen LogP contribution in [0.25, 0.3) is 0 Å². The highest BCUT2D eigenvalue weighted by Gasteiger charge is 2.22. The van der Waals surface area contributed by atoms with Crippen LogP contribution in [0, 0.1) is 5.82 Å². The van der Waals surface area contributed by atoms with Crippen molar-refractivity contribution in [3.63, 3.8) is 0 Å². The van der Waals surface area contributed by atoms with Crippen molar-refractivity contribution in [2.45, 2.75) is 26.3 Å². The maximum atomic E-state index is 12.9. The first-order chi connectivity index (χ1) is 12.6. The van der Waals surface area contributed by atoms with Gasteiger partial charge in [-0.2, -0.15) is 0 Å². The summed E-state index contributed by atoms with van der Waals surface area (Å²) in [7, 11) is 0. The lowest BCUT2D eigenvalue weighted by atomic mass is 10.3. The van der Waals surface area contributed by atoms with E-state index in [1.807, 2.05) is 4.90 Å². The number of thiazole rings is 1. The molecule has 3 rings (SSSR count). The number of carbonyl (C=O) groups excluding carboxylic acids is 1. The van der Waals surface area contributed by atoms with Gasteiger partial charge in [-0.05, 0) is 37.1 Å². The van der Waals surface area contributed by atoms with Crippen molar-refractivity contribution in [3.05, 3.63) is 46.2 Å². The van der Waals surface area contributed by atoms with E-state index in [0.29, 0.717) is 18.8 Å². The zero-order valence-electron chi connectivity index (χ0n) is 15.0. The summed E-state index contributed by atoms with van der Waals surface area (Å²) in [4.78, 5) is 21.1. The van der Waals surface area contributed by atoms with Crippen molar-refractivity contribution in [2.24, 2.45) is 0 Å². The molecule has 1 aliphatic heterocycles. The van der Waals surface area contributed by atoms with Crippen molar-refractivity contribution in [1.82, 2.24) is 14.8 Å². The molecule has 1 aromatic heterocycles. The Morgan fingerprint density at radius 1 is 1.23 bits per heavy atom. The standard InChI is InChI=1S/C19H24FN3O2S/c1-2-3-18-21-16(14-26-18)12-22-8-10-23(11-9-22)19(24)13-25-17-6-4-15(20)5-7-17/h4-7,14H,2-3,8-13H2,1H3. The van der Waals surface area contributed by atoms with Gasteiger partial charge in [-0.25, -0.2) is 9.37 Å². The molecule has 0 atom stereocenters. The molecule has 0 aliphatic carbocycles. The van der Waals surface area contributed by atoms with Gasteiger partial charge in [-0.1, -0.05) is 6.92 Å². The number of aromatic nitrogens is 1. The first-order valence-corrected chi connectivity index (χ1v) is 9.84. The molecule has 2 heterocycles. The number of ether oxygens (including phenoxy) is 1. The predicted molar refractivity (Wildman–Crippen MR) is 99.9 cm³/mol. The highest BCUT2D eigenvalue weighted by atomic mass is 32.1. The lowest BCUT2D eigenvalue weighted by Crippen LogP contribution is -2.49. The van der Waals surface area contributed by atoms with Crippen LogP contribution in [0.15, 0.2) is 29.6 Å². The number of benzene rings is 1. The fourth-order valence-electron chi connectivity index (χ4n) is 2.90. The summed E-state index contributed by atoms with van der Waals surface area (Å²) in [6, 6.07) is 5.70. The maximum absolute atomic E-state index is 12.9. The molecule has 2 aromatic rings. The van der Waals surface area contributed by atoms with E-state index in [-0.39, 0.29) is 18.3 Å². The Hall–Kier alpha value is -1.99. The number of hydrogen-bond donors (Lipinski definition) is 0. The zero-order valence-corrected chi connectivity index (χ0v) is 15.8. The minimum absolute atomic E-state index is 0.0158. The van der Waals surface area contributed by atoms with Gasteiger partial charge < -0.3 is 9.64 Å². The normalized spacial score (nSPS) is 15.2. The van der Waals surface area contributed by atoms with Gasteiger partial charge in [0.2, 0.25) is 0 Å². The average molecular weight is 377 g/mol. The van der Waals surface area contributed by atoms with E-state index in [4.69, 9.17) is 4.74 Å². The summed E-state index contributed by atoms with van der Waals surface area (Å²) < 4.78 is 18.3. The third-order valence-corrected chi connectivity index (χ3v) is 5.31. The molecule has 0 N–H and O–H groups in total. The molecule has 1 saturated heterocycles. The average Bonchev–Trinajstić information content (AvgIpc) is 3.09. The van der Waals surface area contributed by atoms with Gasteiger partial charge in [0.05, 0.1) is 10.7 Å². The van der Waals surface area contributed by atoms with Crippen molar-refractivity contribution in [2.75, 3.05) is 32.8 Å². The molecule has 0 spiro atoms. The quantitative estimate of drug-likeness (QED) is 0.744. The molecule has 1 aromatic carbocycles. The Morgan fingerprint density at radius 2 is 1.96 bits per heavy atom. The molecule has 0 saturated carbocycles. The van der Waals surface area contributed by atoms with Crippen LogP contribution in [0.1, 0.15) is 24.0 Å². The molecular weight excluding hydrogens is 353 g/mol. The second-order valence-corrected chi connectivity index (χ2v) is 7.32. The van der Waals surface area contributed by atoms with E-state index in [1.54, 1.807) is 11.3 Å². The lowest BCUT2D eigenvalue weighted by molar-refractivity contribution is -0.135. The lowest BCUT2D eigenvalue weighted by Gasteiger charge is -2.34. The van der Waals surface area contributed by atoms with Gasteiger partial charge in [-0.15, -0.1) is 11.3 Å². The van der Waals surface area contributed by atoms with Crippen LogP contribution >= 0.6 is 11.3 Å². The minimum atomic E-state index is -0.318. The fourth-order valence-corrected chi connectivity index (χ4v) is 3.79. The van der Waals surface area contributed by atoms with Crippen LogP contribution in [0.4, 0.5) is 4.39 Å². The van der Waals surface area contributed by atoms with E-state index in [2.05, 4.69) is 22.2 Å². The molecule has 0 radical (unpaired) electrons. The highest BCUT2D eigenvalue weighted by Crippen LogP contribution is 2.15. The number of rotatable bonds is 7. The summed E-state index contributed by atoms with van der Waals surface area (Å²) in [5, 5.41) is 3.34. The second-order valence-electron chi connectivity index (χ2n) is 6.38. The predicted octanol–water partition coefficient (Wildman–Crippen LogP) is 2.96. The third-order valence-electron chi connectivity index (χ3n) is 4.35. The van der Waals surface area contributed by atoms with Gasteiger partial charge in [0.25, 0.3) is 5.91 Å². The van der Waals surface area contributed by atoms with Gasteiger partial charge >= 0.3 is 0 Å². The number of aryl methyl sites for hydroxylation is 1. The number of piperazine rings is 1. The monoisotopic (exact) mass is 377 g/mol. The van der Waals surface area contributed by atoms with Crippen LogP contribution in [0.3, 0.4) is 0 Å². The smallest absolute Gasteiger partial charge is 0.260 e. The van der Waals surface area contributed by atoms with Crippen molar-refractivity contribution in [1.29, 1.82) is 0 Å². The van der Waals surface area contributed by atoms with E-state index < -0.39 is 0 Å². The largest absolute Gasteiger partial charge is 0.484 e. The van der Waals surface area contributed by atoms with Crippen LogP contribution in [-0.4, -0.2) is 53.5 Å². The molecule has 140 valence electrons. The zero-order chi connectivity index (χ0) is 18.4. The maximum Gasteiger partial charge on any atom is 0.260 e. The second kappa shape index (κ2) is 9.09. The molecule has 1 aliphatic rings. The number of carbonyl (C=O) groups is 1. The molecule has 26 heavy (non-hydrogen) atoms.